The molecule has 0 spiro atoms. The van der Waals surface area contributed by atoms with Gasteiger partial charge in [0.2, 0.25) is 0 Å². The molecule has 0 saturated carbocycles. The molecule has 1 atom stereocenters. The molecule has 0 saturated heterocycles. The number of anilines is 1. The number of carbonyl (C=O) groups is 3. The molecule has 1 aromatic heterocycles. The Labute approximate surface area is 270 Å². The van der Waals surface area contributed by atoms with Crippen LogP contribution in [-0.4, -0.2) is 44.1 Å². The quantitative estimate of drug-likeness (QED) is 0.154. The van der Waals surface area contributed by atoms with Gasteiger partial charge in [-0.2, -0.15) is 0 Å². The molecular formula is C36H46N2O6S. The summed E-state index contributed by atoms with van der Waals surface area (Å²) in [6.07, 6.45) is 2.61. The number of hydrogen-bond donors (Lipinski definition) is 2. The van der Waals surface area contributed by atoms with Crippen LogP contribution in [0.1, 0.15) is 95.9 Å². The van der Waals surface area contributed by atoms with Crippen LogP contribution < -0.4 is 20.1 Å². The number of rotatable bonds is 13. The fourth-order valence-electron chi connectivity index (χ4n) is 5.47. The lowest BCUT2D eigenvalue weighted by Gasteiger charge is -2.18. The maximum atomic E-state index is 13.4. The summed E-state index contributed by atoms with van der Waals surface area (Å²) in [4.78, 5) is 40.0. The predicted molar refractivity (Wildman–Crippen MR) is 179 cm³/mol. The van der Waals surface area contributed by atoms with E-state index in [4.69, 9.17) is 14.2 Å². The summed E-state index contributed by atoms with van der Waals surface area (Å²) >= 11 is 1.46. The Bertz CT molecular complexity index is 1530. The van der Waals surface area contributed by atoms with Crippen LogP contribution in [0.15, 0.2) is 36.4 Å². The van der Waals surface area contributed by atoms with E-state index in [1.165, 1.54) is 11.3 Å². The van der Waals surface area contributed by atoms with Gasteiger partial charge in [0.1, 0.15) is 23.1 Å². The summed E-state index contributed by atoms with van der Waals surface area (Å²) < 4.78 is 17.0. The van der Waals surface area contributed by atoms with Gasteiger partial charge in [0.25, 0.3) is 11.8 Å². The van der Waals surface area contributed by atoms with Crippen LogP contribution in [0.4, 0.5) is 5.00 Å². The first-order chi connectivity index (χ1) is 21.4. The van der Waals surface area contributed by atoms with Crippen molar-refractivity contribution in [3.63, 3.8) is 0 Å². The number of aryl methyl sites for hydroxylation is 2. The highest BCUT2D eigenvalue weighted by molar-refractivity contribution is 7.17. The number of ether oxygens (including phenoxy) is 3. The Morgan fingerprint density at radius 3 is 2.11 bits per heavy atom. The molecule has 8 nitrogen and oxygen atoms in total. The van der Waals surface area contributed by atoms with Gasteiger partial charge in [0.05, 0.1) is 12.1 Å². The third-order valence-corrected chi connectivity index (χ3v) is 9.10. The van der Waals surface area contributed by atoms with Gasteiger partial charge in [-0.05, 0) is 90.8 Å². The molecule has 0 bridgehead atoms. The van der Waals surface area contributed by atoms with E-state index in [-0.39, 0.29) is 50.0 Å². The first-order valence-electron chi connectivity index (χ1n) is 15.8. The van der Waals surface area contributed by atoms with Crippen molar-refractivity contribution in [3.8, 4) is 11.5 Å². The zero-order valence-electron chi connectivity index (χ0n) is 27.5. The number of esters is 1. The Hall–Kier alpha value is -3.85. The topological polar surface area (TPSA) is 103 Å². The molecule has 9 heteroatoms. The number of fused-ring (bicyclic) bond motifs is 1. The highest BCUT2D eigenvalue weighted by Crippen LogP contribution is 2.40. The van der Waals surface area contributed by atoms with E-state index >= 15 is 0 Å². The summed E-state index contributed by atoms with van der Waals surface area (Å²) in [7, 11) is 0. The number of benzene rings is 2. The molecular weight excluding hydrogens is 588 g/mol. The van der Waals surface area contributed by atoms with Gasteiger partial charge in [0.15, 0.2) is 13.2 Å². The van der Waals surface area contributed by atoms with E-state index < -0.39 is 5.97 Å². The maximum Gasteiger partial charge on any atom is 0.344 e. The van der Waals surface area contributed by atoms with Crippen LogP contribution in [0, 0.1) is 19.8 Å². The van der Waals surface area contributed by atoms with E-state index in [1.54, 1.807) is 0 Å². The molecule has 2 amide bonds. The van der Waals surface area contributed by atoms with Crippen molar-refractivity contribution < 1.29 is 28.6 Å². The molecule has 3 aromatic rings. The molecule has 242 valence electrons. The summed E-state index contributed by atoms with van der Waals surface area (Å²) in [6, 6.07) is 12.0. The third kappa shape index (κ3) is 9.10. The minimum atomic E-state index is -0.510. The van der Waals surface area contributed by atoms with Gasteiger partial charge < -0.3 is 24.8 Å². The normalized spacial score (nSPS) is 14.2. The van der Waals surface area contributed by atoms with Crippen molar-refractivity contribution in [3.05, 3.63) is 74.7 Å². The average molecular weight is 635 g/mol. The van der Waals surface area contributed by atoms with Crippen molar-refractivity contribution in [1.29, 1.82) is 0 Å². The van der Waals surface area contributed by atoms with Gasteiger partial charge in [-0.15, -0.1) is 11.3 Å². The monoisotopic (exact) mass is 634 g/mol. The van der Waals surface area contributed by atoms with E-state index in [2.05, 4.69) is 45.3 Å². The molecule has 1 aliphatic carbocycles. The lowest BCUT2D eigenvalue weighted by atomic mass is 9.88. The molecule has 1 unspecified atom stereocenters. The smallest absolute Gasteiger partial charge is 0.344 e. The van der Waals surface area contributed by atoms with Gasteiger partial charge in [-0.3, -0.25) is 9.59 Å². The number of amides is 2. The molecule has 2 aromatic carbocycles. The third-order valence-electron chi connectivity index (χ3n) is 7.93. The lowest BCUT2D eigenvalue weighted by molar-refractivity contribution is -0.145. The van der Waals surface area contributed by atoms with E-state index in [9.17, 15) is 14.4 Å². The minimum absolute atomic E-state index is 0.00631. The van der Waals surface area contributed by atoms with Crippen molar-refractivity contribution in [1.82, 2.24) is 5.32 Å². The molecule has 1 heterocycles. The second-order valence-corrected chi connectivity index (χ2v) is 13.7. The standard InChI is InChI=1S/C36H46N2O6S/c1-21(2)26-11-8-23(5)16-29(26)43-19-32(39)38-36-34(28-13-10-25(7)18-31(28)45-36)35(41)37-14-15-42-33(40)20-44-30-17-24(6)9-12-27(30)22(3)4/h8-9,11-12,16-17,21-22,25H,10,13-15,18-20H2,1-7H3,(H,37,41)(H,38,39). The molecule has 2 N–H and O–H groups in total. The van der Waals surface area contributed by atoms with Crippen LogP contribution in [0.5, 0.6) is 11.5 Å². The molecule has 45 heavy (non-hydrogen) atoms. The lowest BCUT2D eigenvalue weighted by Crippen LogP contribution is -2.30. The average Bonchev–Trinajstić information content (AvgIpc) is 3.33. The van der Waals surface area contributed by atoms with E-state index in [0.717, 1.165) is 52.0 Å². The summed E-state index contributed by atoms with van der Waals surface area (Å²) in [5, 5.41) is 6.34. The largest absolute Gasteiger partial charge is 0.483 e. The van der Waals surface area contributed by atoms with Crippen molar-refractivity contribution >= 4 is 34.1 Å². The van der Waals surface area contributed by atoms with Gasteiger partial charge in [-0.1, -0.05) is 58.9 Å². The fourth-order valence-corrected chi connectivity index (χ4v) is 6.89. The zero-order valence-corrected chi connectivity index (χ0v) is 28.3. The Kier molecular flexibility index (Phi) is 11.7. The summed E-state index contributed by atoms with van der Waals surface area (Å²) in [5.41, 5.74) is 5.64. The second-order valence-electron chi connectivity index (χ2n) is 12.5. The minimum Gasteiger partial charge on any atom is -0.483 e. The summed E-state index contributed by atoms with van der Waals surface area (Å²) in [6.45, 7) is 14.2. The van der Waals surface area contributed by atoms with Crippen LogP contribution in [0.25, 0.3) is 0 Å². The van der Waals surface area contributed by atoms with Crippen LogP contribution in [0.2, 0.25) is 0 Å². The molecule has 4 rings (SSSR count). The van der Waals surface area contributed by atoms with Gasteiger partial charge in [-0.25, -0.2) is 4.79 Å². The van der Waals surface area contributed by atoms with E-state index in [0.29, 0.717) is 28.0 Å². The molecule has 0 fully saturated rings. The van der Waals surface area contributed by atoms with E-state index in [1.807, 2.05) is 50.2 Å². The number of thiophene rings is 1. The van der Waals surface area contributed by atoms with Crippen molar-refractivity contribution in [2.24, 2.45) is 5.92 Å². The second kappa shape index (κ2) is 15.4. The Balaban J connectivity index is 1.34. The molecule has 0 aliphatic heterocycles. The van der Waals surface area contributed by atoms with Gasteiger partial charge in [0, 0.05) is 4.88 Å². The SMILES string of the molecule is Cc1ccc(C(C)C)c(OCC(=O)Nc2sc3c(c2C(=O)NCCOC(=O)COc2cc(C)ccc2C(C)C)CCC(C)C3)c1. The van der Waals surface area contributed by atoms with Gasteiger partial charge >= 0.3 is 5.97 Å². The van der Waals surface area contributed by atoms with Crippen LogP contribution in [0.3, 0.4) is 0 Å². The molecule has 1 aliphatic rings. The van der Waals surface area contributed by atoms with Crippen molar-refractivity contribution in [2.75, 3.05) is 31.7 Å². The maximum absolute atomic E-state index is 13.4. The summed E-state index contributed by atoms with van der Waals surface area (Å²) in [5.74, 6) is 1.25. The first kappa shape index (κ1) is 34.0. The zero-order chi connectivity index (χ0) is 32.7. The fraction of sp³-hybridized carbons (Fsp3) is 0.472. The Morgan fingerprint density at radius 2 is 1.51 bits per heavy atom. The van der Waals surface area contributed by atoms with Crippen molar-refractivity contribution in [2.45, 2.75) is 79.6 Å². The Morgan fingerprint density at radius 1 is 0.911 bits per heavy atom. The van der Waals surface area contributed by atoms with Crippen LogP contribution >= 0.6 is 11.3 Å². The number of hydrogen-bond acceptors (Lipinski definition) is 7. The highest BCUT2D eigenvalue weighted by Gasteiger charge is 2.28. The van der Waals surface area contributed by atoms with Crippen LogP contribution in [-0.2, 0) is 27.2 Å². The number of nitrogens with one attached hydrogen (secondary N) is 2. The highest BCUT2D eigenvalue weighted by atomic mass is 32.1. The first-order valence-corrected chi connectivity index (χ1v) is 16.6. The molecule has 0 radical (unpaired) electrons. The predicted octanol–water partition coefficient (Wildman–Crippen LogP) is 7.11. The number of carbonyl (C=O) groups excluding carboxylic acids is 3.